The van der Waals surface area contributed by atoms with Gasteiger partial charge in [0.25, 0.3) is 0 Å². The van der Waals surface area contributed by atoms with E-state index in [-0.39, 0.29) is 10.7 Å². The van der Waals surface area contributed by atoms with Gasteiger partial charge in [-0.15, -0.1) is 0 Å². The van der Waals surface area contributed by atoms with Crippen LogP contribution in [0.5, 0.6) is 0 Å². The molecule has 0 aliphatic carbocycles. The second-order valence-corrected chi connectivity index (χ2v) is 2.59. The Morgan fingerprint density at radius 1 is 2.00 bits per heavy atom. The van der Waals surface area contributed by atoms with Gasteiger partial charge in [-0.1, -0.05) is 15.9 Å². The second kappa shape index (κ2) is 3.44. The van der Waals surface area contributed by atoms with Gasteiger partial charge in [-0.3, -0.25) is 10.1 Å². The van der Waals surface area contributed by atoms with Crippen LogP contribution in [0.15, 0.2) is 0 Å². The number of halogens is 1. The number of nitriles is 1. The third kappa shape index (κ3) is 2.59. The number of nitrogens with zero attached hydrogens (tertiary/aromatic N) is 1. The topological polar surface area (TPSA) is 52.9 Å². The fourth-order valence-corrected chi connectivity index (χ4v) is 0.269. The van der Waals surface area contributed by atoms with E-state index in [1.54, 1.807) is 6.92 Å². The summed E-state index contributed by atoms with van der Waals surface area (Å²) < 4.78 is 0. The molecule has 8 heavy (non-hydrogen) atoms. The fourth-order valence-electron chi connectivity index (χ4n) is 0.155. The third-order valence-electron chi connectivity index (χ3n) is 0.540. The van der Waals surface area contributed by atoms with Gasteiger partial charge in [0, 0.05) is 0 Å². The van der Waals surface area contributed by atoms with Crippen molar-refractivity contribution >= 4 is 21.8 Å². The summed E-state index contributed by atoms with van der Waals surface area (Å²) in [4.78, 5) is 10.1. The molecule has 1 atom stereocenters. The van der Waals surface area contributed by atoms with Gasteiger partial charge in [0.15, 0.2) is 6.19 Å². The summed E-state index contributed by atoms with van der Waals surface area (Å²) >= 11 is 2.98. The molecule has 0 radical (unpaired) electrons. The zero-order valence-electron chi connectivity index (χ0n) is 4.31. The van der Waals surface area contributed by atoms with Crippen molar-refractivity contribution in [1.29, 1.82) is 5.26 Å². The molecule has 0 aromatic heterocycles. The van der Waals surface area contributed by atoms with Gasteiger partial charge in [0.05, 0.1) is 4.83 Å². The Morgan fingerprint density at radius 3 is 2.62 bits per heavy atom. The standard InChI is InChI=1S/C4H5BrN2O/c1-3(5)4(8)7-2-6/h3H,1H3,(H,7,8). The first kappa shape index (κ1) is 7.44. The number of hydrogen-bond acceptors (Lipinski definition) is 2. The summed E-state index contributed by atoms with van der Waals surface area (Å²) in [5.41, 5.74) is 0. The van der Waals surface area contributed by atoms with Crippen LogP contribution in [0.4, 0.5) is 0 Å². The minimum Gasteiger partial charge on any atom is -0.273 e. The molecule has 0 rings (SSSR count). The lowest BCUT2D eigenvalue weighted by atomic mass is 10.5. The maximum Gasteiger partial charge on any atom is 0.246 e. The average Bonchev–Trinajstić information content (AvgIpc) is 1.67. The minimum absolute atomic E-state index is 0.290. The van der Waals surface area contributed by atoms with Crippen LogP contribution < -0.4 is 5.32 Å². The Kier molecular flexibility index (Phi) is 3.20. The highest BCUT2D eigenvalue weighted by Crippen LogP contribution is 1.94. The number of rotatable bonds is 1. The first-order valence-corrected chi connectivity index (χ1v) is 2.93. The summed E-state index contributed by atoms with van der Waals surface area (Å²) in [5.74, 6) is -0.312. The largest absolute Gasteiger partial charge is 0.273 e. The molecule has 0 aliphatic rings. The third-order valence-corrected chi connectivity index (χ3v) is 0.956. The van der Waals surface area contributed by atoms with E-state index >= 15 is 0 Å². The van der Waals surface area contributed by atoms with Crippen LogP contribution in [0.25, 0.3) is 0 Å². The van der Waals surface area contributed by atoms with E-state index in [0.29, 0.717) is 0 Å². The van der Waals surface area contributed by atoms with E-state index in [9.17, 15) is 4.79 Å². The molecule has 44 valence electrons. The molecule has 0 heterocycles. The van der Waals surface area contributed by atoms with Crippen LogP contribution in [0.1, 0.15) is 6.92 Å². The summed E-state index contributed by atoms with van der Waals surface area (Å²) in [5, 5.41) is 9.85. The zero-order chi connectivity index (χ0) is 6.57. The SMILES string of the molecule is CC(Br)C(=O)NC#N. The smallest absolute Gasteiger partial charge is 0.246 e. The monoisotopic (exact) mass is 176 g/mol. The van der Waals surface area contributed by atoms with E-state index < -0.39 is 0 Å². The Labute approximate surface area is 55.8 Å². The minimum atomic E-state index is -0.312. The van der Waals surface area contributed by atoms with Crippen molar-refractivity contribution in [3.05, 3.63) is 0 Å². The first-order valence-electron chi connectivity index (χ1n) is 2.01. The van der Waals surface area contributed by atoms with E-state index in [0.717, 1.165) is 0 Å². The molecule has 4 heteroatoms. The maximum absolute atomic E-state index is 10.4. The Hall–Kier alpha value is -0.560. The molecule has 3 nitrogen and oxygen atoms in total. The maximum atomic E-state index is 10.4. The summed E-state index contributed by atoms with van der Waals surface area (Å²) in [6.07, 6.45) is 1.52. The molecule has 0 spiro atoms. The molecular formula is C4H5BrN2O. The molecule has 0 saturated carbocycles. The van der Waals surface area contributed by atoms with Gasteiger partial charge in [0.1, 0.15) is 0 Å². The van der Waals surface area contributed by atoms with Gasteiger partial charge < -0.3 is 0 Å². The van der Waals surface area contributed by atoms with Crippen molar-refractivity contribution in [2.24, 2.45) is 0 Å². The number of carbonyl (C=O) groups excluding carboxylic acids is 1. The van der Waals surface area contributed by atoms with E-state index in [1.807, 2.05) is 5.32 Å². The van der Waals surface area contributed by atoms with Crippen molar-refractivity contribution in [3.8, 4) is 6.19 Å². The van der Waals surface area contributed by atoms with Crippen molar-refractivity contribution in [2.45, 2.75) is 11.8 Å². The molecule has 0 aliphatic heterocycles. The van der Waals surface area contributed by atoms with Crippen molar-refractivity contribution in [1.82, 2.24) is 5.32 Å². The molecule has 1 amide bonds. The zero-order valence-corrected chi connectivity index (χ0v) is 5.90. The molecule has 0 fully saturated rings. The first-order chi connectivity index (χ1) is 3.68. The van der Waals surface area contributed by atoms with Gasteiger partial charge in [-0.25, -0.2) is 0 Å². The van der Waals surface area contributed by atoms with Gasteiger partial charge in [0.2, 0.25) is 5.91 Å². The second-order valence-electron chi connectivity index (χ2n) is 1.22. The summed E-state index contributed by atoms with van der Waals surface area (Å²) in [6, 6.07) is 0. The van der Waals surface area contributed by atoms with Crippen molar-refractivity contribution in [2.75, 3.05) is 0 Å². The average molecular weight is 177 g/mol. The van der Waals surface area contributed by atoms with Crippen LogP contribution >= 0.6 is 15.9 Å². The van der Waals surface area contributed by atoms with Crippen LogP contribution in [0.3, 0.4) is 0 Å². The predicted octanol–water partition coefficient (Wildman–Crippen LogP) is 0.367. The number of hydrogen-bond donors (Lipinski definition) is 1. The quantitative estimate of drug-likeness (QED) is 0.357. The summed E-state index contributed by atoms with van der Waals surface area (Å²) in [6.45, 7) is 1.65. The molecule has 0 saturated heterocycles. The van der Waals surface area contributed by atoms with Crippen molar-refractivity contribution < 1.29 is 4.79 Å². The van der Waals surface area contributed by atoms with Gasteiger partial charge >= 0.3 is 0 Å². The Morgan fingerprint density at radius 2 is 2.50 bits per heavy atom. The Balaban J connectivity index is 3.53. The molecular weight excluding hydrogens is 172 g/mol. The summed E-state index contributed by atoms with van der Waals surface area (Å²) in [7, 11) is 0. The lowest BCUT2D eigenvalue weighted by molar-refractivity contribution is -0.119. The van der Waals surface area contributed by atoms with Crippen molar-refractivity contribution in [3.63, 3.8) is 0 Å². The van der Waals surface area contributed by atoms with Gasteiger partial charge in [-0.2, -0.15) is 5.26 Å². The highest BCUT2D eigenvalue weighted by molar-refractivity contribution is 9.10. The number of amides is 1. The molecule has 1 unspecified atom stereocenters. The molecule has 0 aromatic carbocycles. The van der Waals surface area contributed by atoms with E-state index in [4.69, 9.17) is 5.26 Å². The lowest BCUT2D eigenvalue weighted by Gasteiger charge is -1.94. The number of nitrogens with one attached hydrogen (secondary N) is 1. The fraction of sp³-hybridized carbons (Fsp3) is 0.500. The van der Waals surface area contributed by atoms with Gasteiger partial charge in [-0.05, 0) is 6.92 Å². The van der Waals surface area contributed by atoms with Crippen LogP contribution in [0.2, 0.25) is 0 Å². The molecule has 0 aromatic rings. The highest BCUT2D eigenvalue weighted by Gasteiger charge is 2.05. The Bertz CT molecular complexity index is 126. The number of alkyl halides is 1. The van der Waals surface area contributed by atoms with E-state index in [1.165, 1.54) is 6.19 Å². The predicted molar refractivity (Wildman–Crippen MR) is 32.1 cm³/mol. The number of carbonyl (C=O) groups is 1. The molecule has 0 bridgehead atoms. The van der Waals surface area contributed by atoms with Crippen LogP contribution in [-0.2, 0) is 4.79 Å². The molecule has 1 N–H and O–H groups in total. The van der Waals surface area contributed by atoms with E-state index in [2.05, 4.69) is 15.9 Å². The normalized spacial score (nSPS) is 11.6. The van der Waals surface area contributed by atoms with Crippen LogP contribution in [0, 0.1) is 11.5 Å². The highest BCUT2D eigenvalue weighted by atomic mass is 79.9. The lowest BCUT2D eigenvalue weighted by Crippen LogP contribution is -2.24. The van der Waals surface area contributed by atoms with Crippen LogP contribution in [-0.4, -0.2) is 10.7 Å².